The second kappa shape index (κ2) is 7.62. The minimum absolute atomic E-state index is 0.850. The van der Waals surface area contributed by atoms with Crippen molar-refractivity contribution in [1.82, 2.24) is 15.3 Å². The summed E-state index contributed by atoms with van der Waals surface area (Å²) in [4.78, 5) is 7.96. The summed E-state index contributed by atoms with van der Waals surface area (Å²) >= 11 is 3.51. The smallest absolute Gasteiger partial charge is 0.133 e. The van der Waals surface area contributed by atoms with Crippen molar-refractivity contribution < 1.29 is 4.74 Å². The summed E-state index contributed by atoms with van der Waals surface area (Å²) in [6.45, 7) is 1.81. The number of benzene rings is 2. The van der Waals surface area contributed by atoms with Crippen molar-refractivity contribution in [1.29, 1.82) is 0 Å². The fourth-order valence-corrected chi connectivity index (χ4v) is 3.15. The van der Waals surface area contributed by atoms with E-state index in [0.29, 0.717) is 0 Å². The summed E-state index contributed by atoms with van der Waals surface area (Å²) < 4.78 is 6.23. The van der Waals surface area contributed by atoms with Crippen LogP contribution >= 0.6 is 15.9 Å². The predicted octanol–water partition coefficient (Wildman–Crippen LogP) is 4.06. The molecule has 0 aliphatic heterocycles. The summed E-state index contributed by atoms with van der Waals surface area (Å²) in [6.07, 6.45) is 2.01. The van der Waals surface area contributed by atoms with Gasteiger partial charge < -0.3 is 15.0 Å². The van der Waals surface area contributed by atoms with E-state index in [1.807, 2.05) is 24.3 Å². The molecule has 3 rings (SSSR count). The van der Waals surface area contributed by atoms with Crippen LogP contribution in [0.3, 0.4) is 0 Å². The summed E-state index contributed by atoms with van der Waals surface area (Å²) in [5.41, 5.74) is 3.39. The molecule has 5 heteroatoms. The second-order valence-electron chi connectivity index (χ2n) is 5.45. The van der Waals surface area contributed by atoms with Crippen LogP contribution in [0, 0.1) is 0 Å². The molecular formula is C18H20BrN3O. The number of aryl methyl sites for hydroxylation is 1. The van der Waals surface area contributed by atoms with Crippen molar-refractivity contribution >= 4 is 27.0 Å². The molecule has 2 aromatic carbocycles. The van der Waals surface area contributed by atoms with Gasteiger partial charge in [0.25, 0.3) is 0 Å². The topological polar surface area (TPSA) is 49.9 Å². The highest BCUT2D eigenvalue weighted by Crippen LogP contribution is 2.25. The van der Waals surface area contributed by atoms with Gasteiger partial charge in [-0.05, 0) is 58.7 Å². The lowest BCUT2D eigenvalue weighted by Crippen LogP contribution is -2.15. The average Bonchev–Trinajstić information content (AvgIpc) is 2.97. The molecule has 0 saturated heterocycles. The lowest BCUT2D eigenvalue weighted by Gasteiger charge is -2.07. The zero-order chi connectivity index (χ0) is 16.1. The van der Waals surface area contributed by atoms with Gasteiger partial charge in [0.2, 0.25) is 0 Å². The maximum absolute atomic E-state index is 5.24. The molecule has 23 heavy (non-hydrogen) atoms. The fraction of sp³-hybridized carbons (Fsp3) is 0.278. The first-order valence-corrected chi connectivity index (χ1v) is 8.52. The lowest BCUT2D eigenvalue weighted by atomic mass is 10.2. The number of imidazole rings is 1. The summed E-state index contributed by atoms with van der Waals surface area (Å²) in [5, 5.41) is 3.47. The van der Waals surface area contributed by atoms with Crippen LogP contribution in [-0.2, 0) is 13.0 Å². The molecule has 0 fully saturated rings. The Bertz CT molecular complexity index is 752. The van der Waals surface area contributed by atoms with Crippen LogP contribution in [0.1, 0.15) is 17.8 Å². The number of methoxy groups -OCH3 is 1. The van der Waals surface area contributed by atoms with Crippen LogP contribution in [0.5, 0.6) is 5.75 Å². The van der Waals surface area contributed by atoms with Gasteiger partial charge in [-0.25, -0.2) is 4.98 Å². The van der Waals surface area contributed by atoms with E-state index in [4.69, 9.17) is 4.74 Å². The van der Waals surface area contributed by atoms with E-state index in [1.54, 1.807) is 7.11 Å². The molecule has 0 bridgehead atoms. The van der Waals surface area contributed by atoms with Gasteiger partial charge in [-0.15, -0.1) is 0 Å². The third-order valence-electron chi connectivity index (χ3n) is 3.75. The summed E-state index contributed by atoms with van der Waals surface area (Å²) in [7, 11) is 1.68. The minimum Gasteiger partial charge on any atom is -0.496 e. The Morgan fingerprint density at radius 2 is 2.09 bits per heavy atom. The number of hydrogen-bond donors (Lipinski definition) is 2. The molecule has 0 aliphatic carbocycles. The molecule has 120 valence electrons. The normalized spacial score (nSPS) is 11.0. The lowest BCUT2D eigenvalue weighted by molar-refractivity contribution is 0.412. The molecule has 0 aliphatic rings. The number of hydrogen-bond acceptors (Lipinski definition) is 3. The van der Waals surface area contributed by atoms with Gasteiger partial charge in [0.05, 0.1) is 22.6 Å². The highest BCUT2D eigenvalue weighted by molar-refractivity contribution is 9.10. The van der Waals surface area contributed by atoms with Gasteiger partial charge in [0.15, 0.2) is 0 Å². The van der Waals surface area contributed by atoms with Crippen LogP contribution in [0.25, 0.3) is 11.0 Å². The molecule has 1 heterocycles. The monoisotopic (exact) mass is 373 g/mol. The SMILES string of the molecule is COc1ccc(CNCCCc2nc3ccccc3[nH]2)cc1Br. The largest absolute Gasteiger partial charge is 0.496 e. The number of fused-ring (bicyclic) bond motifs is 1. The van der Waals surface area contributed by atoms with Gasteiger partial charge >= 0.3 is 0 Å². The van der Waals surface area contributed by atoms with Gasteiger partial charge in [0.1, 0.15) is 11.6 Å². The molecule has 3 aromatic rings. The first-order chi connectivity index (χ1) is 11.3. The number of para-hydroxylation sites is 2. The molecule has 0 unspecified atom stereocenters. The van der Waals surface area contributed by atoms with Crippen LogP contribution in [0.4, 0.5) is 0 Å². The van der Waals surface area contributed by atoms with Gasteiger partial charge in [0, 0.05) is 13.0 Å². The van der Waals surface area contributed by atoms with Crippen molar-refractivity contribution in [3.63, 3.8) is 0 Å². The molecule has 2 N–H and O–H groups in total. The molecule has 0 atom stereocenters. The molecule has 0 saturated carbocycles. The summed E-state index contributed by atoms with van der Waals surface area (Å²) in [6, 6.07) is 14.3. The summed E-state index contributed by atoms with van der Waals surface area (Å²) in [5.74, 6) is 1.92. The first-order valence-electron chi connectivity index (χ1n) is 7.73. The van der Waals surface area contributed by atoms with Crippen molar-refractivity contribution in [2.24, 2.45) is 0 Å². The first kappa shape index (κ1) is 16.0. The molecule has 0 radical (unpaired) electrons. The molecule has 4 nitrogen and oxygen atoms in total. The number of halogens is 1. The van der Waals surface area contributed by atoms with E-state index in [1.165, 1.54) is 5.56 Å². The number of nitrogens with zero attached hydrogens (tertiary/aromatic N) is 1. The Labute approximate surface area is 144 Å². The van der Waals surface area contributed by atoms with Gasteiger partial charge in [-0.2, -0.15) is 0 Å². The Balaban J connectivity index is 1.44. The van der Waals surface area contributed by atoms with E-state index < -0.39 is 0 Å². The van der Waals surface area contributed by atoms with Crippen molar-refractivity contribution in [2.45, 2.75) is 19.4 Å². The van der Waals surface area contributed by atoms with Crippen LogP contribution in [0.2, 0.25) is 0 Å². The maximum atomic E-state index is 5.24. The van der Waals surface area contributed by atoms with Gasteiger partial charge in [-0.1, -0.05) is 18.2 Å². The van der Waals surface area contributed by atoms with E-state index in [-0.39, 0.29) is 0 Å². The van der Waals surface area contributed by atoms with E-state index in [9.17, 15) is 0 Å². The average molecular weight is 374 g/mol. The van der Waals surface area contributed by atoms with Crippen LogP contribution in [0.15, 0.2) is 46.9 Å². The van der Waals surface area contributed by atoms with Gasteiger partial charge in [-0.3, -0.25) is 0 Å². The standard InChI is InChI=1S/C18H20BrN3O/c1-23-17-9-8-13(11-14(17)19)12-20-10-4-7-18-21-15-5-2-3-6-16(15)22-18/h2-3,5-6,8-9,11,20H,4,7,10,12H2,1H3,(H,21,22). The van der Waals surface area contributed by atoms with Crippen molar-refractivity contribution in [2.75, 3.05) is 13.7 Å². The zero-order valence-electron chi connectivity index (χ0n) is 13.1. The third-order valence-corrected chi connectivity index (χ3v) is 4.37. The Hall–Kier alpha value is -1.85. The molecular weight excluding hydrogens is 354 g/mol. The highest BCUT2D eigenvalue weighted by Gasteiger charge is 2.03. The molecule has 0 spiro atoms. The quantitative estimate of drug-likeness (QED) is 0.614. The molecule has 1 aromatic heterocycles. The van der Waals surface area contributed by atoms with Crippen LogP contribution < -0.4 is 10.1 Å². The highest BCUT2D eigenvalue weighted by atomic mass is 79.9. The Kier molecular flexibility index (Phi) is 5.31. The number of rotatable bonds is 7. The van der Waals surface area contributed by atoms with E-state index in [2.05, 4.69) is 49.4 Å². The molecule has 0 amide bonds. The number of nitrogens with one attached hydrogen (secondary N) is 2. The number of aromatic nitrogens is 2. The minimum atomic E-state index is 0.850. The zero-order valence-corrected chi connectivity index (χ0v) is 14.7. The Morgan fingerprint density at radius 3 is 2.87 bits per heavy atom. The van der Waals surface area contributed by atoms with Crippen LogP contribution in [-0.4, -0.2) is 23.6 Å². The van der Waals surface area contributed by atoms with E-state index in [0.717, 1.165) is 53.0 Å². The maximum Gasteiger partial charge on any atom is 0.133 e. The Morgan fingerprint density at radius 1 is 1.22 bits per heavy atom. The fourth-order valence-electron chi connectivity index (χ4n) is 2.56. The third kappa shape index (κ3) is 4.12. The van der Waals surface area contributed by atoms with E-state index >= 15 is 0 Å². The van der Waals surface area contributed by atoms with Crippen molar-refractivity contribution in [3.8, 4) is 5.75 Å². The number of H-pyrrole nitrogens is 1. The number of ether oxygens (including phenoxy) is 1. The number of aromatic amines is 1. The predicted molar refractivity (Wildman–Crippen MR) is 96.8 cm³/mol. The second-order valence-corrected chi connectivity index (χ2v) is 6.30. The van der Waals surface area contributed by atoms with Crippen molar-refractivity contribution in [3.05, 3.63) is 58.3 Å².